The molecule has 2 aromatic rings. The summed E-state index contributed by atoms with van der Waals surface area (Å²) in [5, 5.41) is 2.71. The Morgan fingerprint density at radius 1 is 1.39 bits per heavy atom. The maximum Gasteiger partial charge on any atom is 0.322 e. The van der Waals surface area contributed by atoms with E-state index in [9.17, 15) is 13.6 Å². The van der Waals surface area contributed by atoms with Crippen LogP contribution in [0.4, 0.5) is 19.3 Å². The number of aromatic nitrogens is 2. The molecule has 0 unspecified atom stereocenters. The number of imidazole rings is 1. The van der Waals surface area contributed by atoms with Gasteiger partial charge in [0.15, 0.2) is 0 Å². The third-order valence-electron chi connectivity index (χ3n) is 3.99. The second-order valence-corrected chi connectivity index (χ2v) is 5.54. The molecular weight excluding hydrogens is 302 g/mol. The first-order valence-electron chi connectivity index (χ1n) is 7.60. The minimum absolute atomic E-state index is 0.107. The molecule has 23 heavy (non-hydrogen) atoms. The Hall–Kier alpha value is -2.44. The highest BCUT2D eigenvalue weighted by Crippen LogP contribution is 2.29. The van der Waals surface area contributed by atoms with Crippen LogP contribution in [0.15, 0.2) is 36.7 Å². The van der Waals surface area contributed by atoms with E-state index in [0.29, 0.717) is 12.2 Å². The number of carbonyl (C=O) groups is 1. The lowest BCUT2D eigenvalue weighted by Gasteiger charge is -2.34. The highest BCUT2D eigenvalue weighted by Gasteiger charge is 2.29. The molecule has 1 aromatic heterocycles. The van der Waals surface area contributed by atoms with Crippen molar-refractivity contribution in [1.29, 1.82) is 0 Å². The second-order valence-electron chi connectivity index (χ2n) is 5.54. The zero-order valence-corrected chi connectivity index (χ0v) is 12.5. The Balaban J connectivity index is 1.74. The van der Waals surface area contributed by atoms with E-state index in [4.69, 9.17) is 0 Å². The molecule has 2 amide bonds. The average Bonchev–Trinajstić information content (AvgIpc) is 3.09. The normalized spacial score (nSPS) is 18.2. The number of alkyl halides is 2. The Labute approximate surface area is 132 Å². The lowest BCUT2D eigenvalue weighted by Crippen LogP contribution is -2.41. The lowest BCUT2D eigenvalue weighted by molar-refractivity contribution is 0.151. The smallest absolute Gasteiger partial charge is 0.322 e. The van der Waals surface area contributed by atoms with E-state index in [1.807, 2.05) is 0 Å². The first-order chi connectivity index (χ1) is 11.1. The van der Waals surface area contributed by atoms with Crippen LogP contribution < -0.4 is 5.32 Å². The van der Waals surface area contributed by atoms with E-state index in [1.165, 1.54) is 18.2 Å². The summed E-state index contributed by atoms with van der Waals surface area (Å²) in [4.78, 5) is 21.5. The van der Waals surface area contributed by atoms with E-state index in [-0.39, 0.29) is 17.6 Å². The fraction of sp³-hybridized carbons (Fsp3) is 0.375. The molecule has 0 saturated carbocycles. The van der Waals surface area contributed by atoms with E-state index >= 15 is 0 Å². The SMILES string of the molecule is O=C(Nc1cccc(C(F)F)c1)N1CCCC[C@@H]1c1ncc[nH]1. The van der Waals surface area contributed by atoms with E-state index < -0.39 is 6.43 Å². The number of piperidine rings is 1. The second kappa shape index (κ2) is 6.76. The predicted molar refractivity (Wildman–Crippen MR) is 82.3 cm³/mol. The molecule has 0 bridgehead atoms. The van der Waals surface area contributed by atoms with Crippen LogP contribution in [0.3, 0.4) is 0 Å². The van der Waals surface area contributed by atoms with Crippen LogP contribution in [0.25, 0.3) is 0 Å². The molecule has 2 heterocycles. The number of hydrogen-bond acceptors (Lipinski definition) is 2. The van der Waals surface area contributed by atoms with Gasteiger partial charge in [0.05, 0.1) is 6.04 Å². The van der Waals surface area contributed by atoms with Crippen molar-refractivity contribution in [3.8, 4) is 0 Å². The molecule has 122 valence electrons. The summed E-state index contributed by atoms with van der Waals surface area (Å²) in [5.74, 6) is 0.751. The minimum atomic E-state index is -2.56. The third-order valence-corrected chi connectivity index (χ3v) is 3.99. The molecule has 0 spiro atoms. The van der Waals surface area contributed by atoms with Crippen molar-refractivity contribution >= 4 is 11.7 Å². The summed E-state index contributed by atoms with van der Waals surface area (Å²) in [6, 6.07) is 5.35. The minimum Gasteiger partial charge on any atom is -0.347 e. The van der Waals surface area contributed by atoms with Crippen molar-refractivity contribution in [1.82, 2.24) is 14.9 Å². The van der Waals surface area contributed by atoms with Crippen LogP contribution in [0.1, 0.15) is 43.1 Å². The van der Waals surface area contributed by atoms with Gasteiger partial charge in [-0.15, -0.1) is 0 Å². The Kier molecular flexibility index (Phi) is 4.55. The first kappa shape index (κ1) is 15.5. The van der Waals surface area contributed by atoms with Crippen LogP contribution in [0.5, 0.6) is 0 Å². The van der Waals surface area contributed by atoms with Crippen LogP contribution >= 0.6 is 0 Å². The Morgan fingerprint density at radius 2 is 2.26 bits per heavy atom. The van der Waals surface area contributed by atoms with Gasteiger partial charge in [0.2, 0.25) is 0 Å². The number of hydrogen-bond donors (Lipinski definition) is 2. The van der Waals surface area contributed by atoms with Gasteiger partial charge >= 0.3 is 6.03 Å². The van der Waals surface area contributed by atoms with Gasteiger partial charge in [0.1, 0.15) is 5.82 Å². The summed E-state index contributed by atoms with van der Waals surface area (Å²) in [5.41, 5.74) is 0.264. The number of aromatic amines is 1. The molecule has 7 heteroatoms. The van der Waals surface area contributed by atoms with E-state index in [2.05, 4.69) is 15.3 Å². The molecule has 1 aliphatic rings. The lowest BCUT2D eigenvalue weighted by atomic mass is 10.0. The van der Waals surface area contributed by atoms with Gasteiger partial charge in [-0.1, -0.05) is 12.1 Å². The van der Waals surface area contributed by atoms with Crippen LogP contribution in [-0.2, 0) is 0 Å². The van der Waals surface area contributed by atoms with Crippen molar-refractivity contribution in [2.45, 2.75) is 31.7 Å². The monoisotopic (exact) mass is 320 g/mol. The van der Waals surface area contributed by atoms with Gasteiger partial charge in [-0.05, 0) is 31.4 Å². The summed E-state index contributed by atoms with van der Waals surface area (Å²) in [6.45, 7) is 0.617. The number of rotatable bonds is 3. The molecule has 1 saturated heterocycles. The van der Waals surface area contributed by atoms with Gasteiger partial charge < -0.3 is 15.2 Å². The molecule has 1 aliphatic heterocycles. The largest absolute Gasteiger partial charge is 0.347 e. The third kappa shape index (κ3) is 3.49. The number of urea groups is 1. The quantitative estimate of drug-likeness (QED) is 0.894. The average molecular weight is 320 g/mol. The number of H-pyrrole nitrogens is 1. The molecule has 0 aliphatic carbocycles. The maximum absolute atomic E-state index is 12.8. The van der Waals surface area contributed by atoms with Gasteiger partial charge in [-0.2, -0.15) is 0 Å². The molecule has 0 radical (unpaired) electrons. The molecule has 3 rings (SSSR count). The van der Waals surface area contributed by atoms with Crippen molar-refractivity contribution < 1.29 is 13.6 Å². The highest BCUT2D eigenvalue weighted by molar-refractivity contribution is 5.89. The predicted octanol–water partition coefficient (Wildman–Crippen LogP) is 4.11. The van der Waals surface area contributed by atoms with Crippen LogP contribution in [0, 0.1) is 0 Å². The van der Waals surface area contributed by atoms with Crippen molar-refractivity contribution in [2.24, 2.45) is 0 Å². The first-order valence-corrected chi connectivity index (χ1v) is 7.60. The highest BCUT2D eigenvalue weighted by atomic mass is 19.3. The molecule has 1 atom stereocenters. The van der Waals surface area contributed by atoms with Gasteiger partial charge in [0.25, 0.3) is 6.43 Å². The molecule has 5 nitrogen and oxygen atoms in total. The summed E-state index contributed by atoms with van der Waals surface area (Å²) >= 11 is 0. The van der Waals surface area contributed by atoms with Crippen LogP contribution in [0.2, 0.25) is 0 Å². The number of nitrogens with zero attached hydrogens (tertiary/aromatic N) is 2. The van der Waals surface area contributed by atoms with E-state index in [0.717, 1.165) is 25.1 Å². The van der Waals surface area contributed by atoms with Gasteiger partial charge in [-0.3, -0.25) is 0 Å². The number of carbonyl (C=O) groups excluding carboxylic acids is 1. The topological polar surface area (TPSA) is 61.0 Å². The Bertz CT molecular complexity index is 660. The number of nitrogens with one attached hydrogen (secondary N) is 2. The summed E-state index contributed by atoms with van der Waals surface area (Å²) in [7, 11) is 0. The molecule has 1 fully saturated rings. The standard InChI is InChI=1S/C16H18F2N4O/c17-14(18)11-4-3-5-12(10-11)21-16(23)22-9-2-1-6-13(22)15-19-7-8-20-15/h3-5,7-8,10,13-14H,1-2,6,9H2,(H,19,20)(H,21,23)/t13-/m1/s1. The number of halogens is 2. The van der Waals surface area contributed by atoms with E-state index in [1.54, 1.807) is 23.4 Å². The number of benzene rings is 1. The zero-order valence-electron chi connectivity index (χ0n) is 12.5. The summed E-state index contributed by atoms with van der Waals surface area (Å²) < 4.78 is 25.5. The zero-order chi connectivity index (χ0) is 16.2. The van der Waals surface area contributed by atoms with Gasteiger partial charge in [-0.25, -0.2) is 18.6 Å². The van der Waals surface area contributed by atoms with Gasteiger partial charge in [0, 0.05) is 30.2 Å². The Morgan fingerprint density at radius 3 is 3.00 bits per heavy atom. The van der Waals surface area contributed by atoms with Crippen molar-refractivity contribution in [3.05, 3.63) is 48.0 Å². The van der Waals surface area contributed by atoms with Crippen molar-refractivity contribution in [3.63, 3.8) is 0 Å². The van der Waals surface area contributed by atoms with Crippen molar-refractivity contribution in [2.75, 3.05) is 11.9 Å². The number of anilines is 1. The summed E-state index contributed by atoms with van der Waals surface area (Å²) in [6.07, 6.45) is 3.60. The van der Waals surface area contributed by atoms with Crippen LogP contribution in [-0.4, -0.2) is 27.4 Å². The number of likely N-dealkylation sites (tertiary alicyclic amines) is 1. The fourth-order valence-electron chi connectivity index (χ4n) is 2.87. The number of amides is 2. The fourth-order valence-corrected chi connectivity index (χ4v) is 2.87. The molecular formula is C16H18F2N4O. The molecule has 2 N–H and O–H groups in total. The molecule has 1 aromatic carbocycles. The maximum atomic E-state index is 12.8.